The van der Waals surface area contributed by atoms with Gasteiger partial charge in [0.15, 0.2) is 0 Å². The lowest BCUT2D eigenvalue weighted by Crippen LogP contribution is -2.28. The smallest absolute Gasteiger partial charge is 0.270 e. The second-order valence-electron chi connectivity index (χ2n) is 3.65. The van der Waals surface area contributed by atoms with E-state index in [1.165, 1.54) is 12.1 Å². The Bertz CT molecular complexity index is 547. The number of thiophene rings is 1. The molecule has 0 fully saturated rings. The van der Waals surface area contributed by atoms with E-state index < -0.39 is 22.1 Å². The maximum absolute atomic E-state index is 11.7. The fourth-order valence-electron chi connectivity index (χ4n) is 1.24. The van der Waals surface area contributed by atoms with Crippen molar-refractivity contribution < 1.29 is 26.7 Å². The highest BCUT2D eigenvalue weighted by molar-refractivity contribution is 8.15. The van der Waals surface area contributed by atoms with Gasteiger partial charge in [0, 0.05) is 22.1 Å². The summed E-state index contributed by atoms with van der Waals surface area (Å²) in [4.78, 5) is 12.0. The van der Waals surface area contributed by atoms with Crippen molar-refractivity contribution in [3.05, 3.63) is 17.0 Å². The fraction of sp³-hybridized carbons (Fsp3) is 0.500. The summed E-state index contributed by atoms with van der Waals surface area (Å²) < 4.78 is 50.1. The molecule has 0 spiro atoms. The van der Waals surface area contributed by atoms with Crippen molar-refractivity contribution >= 4 is 37.0 Å². The van der Waals surface area contributed by atoms with Gasteiger partial charge in [0.2, 0.25) is 5.91 Å². The lowest BCUT2D eigenvalue weighted by molar-refractivity contribution is -0.120. The third kappa shape index (κ3) is 6.60. The van der Waals surface area contributed by atoms with Crippen LogP contribution < -0.4 is 5.32 Å². The number of carbonyl (C=O) groups excluding carboxylic acids is 1. The molecule has 1 amide bonds. The molecule has 0 aliphatic rings. The summed E-state index contributed by atoms with van der Waals surface area (Å²) >= 11 is 0.905. The molecule has 0 radical (unpaired) electrons. The van der Waals surface area contributed by atoms with E-state index >= 15 is 0 Å². The molecule has 0 atom stereocenters. The number of hydrogen-bond donors (Lipinski definition) is 1. The normalized spacial score (nSPS) is 11.8. The molecular weight excluding hydrogens is 336 g/mol. The Morgan fingerprint density at radius 2 is 2.15 bits per heavy atom. The van der Waals surface area contributed by atoms with Crippen molar-refractivity contribution in [1.29, 1.82) is 0 Å². The zero-order valence-corrected chi connectivity index (χ0v) is 12.5. The first-order valence-electron chi connectivity index (χ1n) is 5.45. The molecule has 1 rings (SSSR count). The van der Waals surface area contributed by atoms with Crippen LogP contribution in [0.1, 0.15) is 4.88 Å². The third-order valence-corrected chi connectivity index (χ3v) is 5.20. The molecule has 10 heteroatoms. The van der Waals surface area contributed by atoms with Gasteiger partial charge in [-0.15, -0.1) is 11.3 Å². The van der Waals surface area contributed by atoms with Gasteiger partial charge in [0.05, 0.1) is 13.0 Å². The van der Waals surface area contributed by atoms with E-state index in [4.69, 9.17) is 10.7 Å². The number of nitrogens with one attached hydrogen (secondary N) is 1. The summed E-state index contributed by atoms with van der Waals surface area (Å²) in [6.07, 6.45) is -2.54. The van der Waals surface area contributed by atoms with Crippen molar-refractivity contribution in [2.45, 2.75) is 17.1 Å². The fourth-order valence-corrected chi connectivity index (χ4v) is 3.36. The number of alkyl halides is 2. The Morgan fingerprint density at radius 3 is 2.70 bits per heavy atom. The Morgan fingerprint density at radius 1 is 1.45 bits per heavy atom. The van der Waals surface area contributed by atoms with Gasteiger partial charge in [-0.2, -0.15) is 0 Å². The molecule has 0 saturated heterocycles. The van der Waals surface area contributed by atoms with Gasteiger partial charge in [-0.1, -0.05) is 0 Å². The van der Waals surface area contributed by atoms with Gasteiger partial charge in [0.1, 0.15) is 10.8 Å². The largest absolute Gasteiger partial charge is 0.374 e. The maximum atomic E-state index is 11.7. The lowest BCUT2D eigenvalue weighted by atomic mass is 10.3. The van der Waals surface area contributed by atoms with Gasteiger partial charge in [-0.3, -0.25) is 4.79 Å². The first-order valence-corrected chi connectivity index (χ1v) is 8.57. The Labute approximate surface area is 123 Å². The molecule has 1 aromatic rings. The zero-order chi connectivity index (χ0) is 15.2. The van der Waals surface area contributed by atoms with Gasteiger partial charge in [-0.05, 0) is 12.1 Å². The molecule has 0 aliphatic heterocycles. The highest BCUT2D eigenvalue weighted by Gasteiger charge is 2.14. The molecule has 0 aromatic carbocycles. The van der Waals surface area contributed by atoms with Crippen molar-refractivity contribution in [1.82, 2.24) is 5.32 Å². The summed E-state index contributed by atoms with van der Waals surface area (Å²) in [6.45, 7) is -0.572. The van der Waals surface area contributed by atoms with Crippen LogP contribution in [0.4, 0.5) is 8.78 Å². The number of carbonyl (C=O) groups is 1. The van der Waals surface area contributed by atoms with E-state index in [0.29, 0.717) is 4.88 Å². The maximum Gasteiger partial charge on any atom is 0.270 e. The molecule has 1 N–H and O–H groups in total. The first kappa shape index (κ1) is 17.3. The van der Waals surface area contributed by atoms with E-state index in [1.807, 2.05) is 0 Å². The monoisotopic (exact) mass is 347 g/mol. The van der Waals surface area contributed by atoms with E-state index in [2.05, 4.69) is 10.1 Å². The SMILES string of the molecule is O=C(Cc1ccc(S(=O)(=O)Cl)s1)NCCOCC(F)F. The van der Waals surface area contributed by atoms with Crippen LogP contribution in [0.2, 0.25) is 0 Å². The zero-order valence-electron chi connectivity index (χ0n) is 10.1. The van der Waals surface area contributed by atoms with Crippen LogP contribution in [0.25, 0.3) is 0 Å². The second kappa shape index (κ2) is 7.87. The van der Waals surface area contributed by atoms with E-state index in [9.17, 15) is 22.0 Å². The molecule has 20 heavy (non-hydrogen) atoms. The molecule has 5 nitrogen and oxygen atoms in total. The third-order valence-electron chi connectivity index (χ3n) is 2.02. The van der Waals surface area contributed by atoms with E-state index in [0.717, 1.165) is 11.3 Å². The van der Waals surface area contributed by atoms with Crippen molar-refractivity contribution in [2.24, 2.45) is 0 Å². The minimum atomic E-state index is -3.78. The lowest BCUT2D eigenvalue weighted by Gasteiger charge is -2.05. The van der Waals surface area contributed by atoms with Gasteiger partial charge >= 0.3 is 0 Å². The van der Waals surface area contributed by atoms with Crippen LogP contribution in [0, 0.1) is 0 Å². The molecular formula is C10H12ClF2NO4S2. The molecule has 0 aliphatic carbocycles. The minimum Gasteiger partial charge on any atom is -0.374 e. The Hall–Kier alpha value is -0.770. The molecule has 1 aromatic heterocycles. The predicted molar refractivity (Wildman–Crippen MR) is 70.9 cm³/mol. The number of rotatable bonds is 8. The second-order valence-corrected chi connectivity index (χ2v) is 7.61. The quantitative estimate of drug-likeness (QED) is 0.573. The average molecular weight is 348 g/mol. The predicted octanol–water partition coefficient (Wildman–Crippen LogP) is 1.62. The van der Waals surface area contributed by atoms with Crippen LogP contribution in [0.15, 0.2) is 16.3 Å². The highest BCUT2D eigenvalue weighted by Crippen LogP contribution is 2.24. The summed E-state index contributed by atoms with van der Waals surface area (Å²) in [7, 11) is 1.37. The Balaban J connectivity index is 2.31. The molecule has 0 unspecified atom stereocenters. The summed E-state index contributed by atoms with van der Waals surface area (Å²) in [5.41, 5.74) is 0. The Kier molecular flexibility index (Phi) is 6.80. The van der Waals surface area contributed by atoms with Crippen LogP contribution >= 0.6 is 22.0 Å². The number of amides is 1. The number of ether oxygens (including phenoxy) is 1. The summed E-state index contributed by atoms with van der Waals surface area (Å²) in [5, 5.41) is 2.47. The van der Waals surface area contributed by atoms with Crippen LogP contribution in [-0.2, 0) is 25.0 Å². The highest BCUT2D eigenvalue weighted by atomic mass is 35.7. The van der Waals surface area contributed by atoms with Crippen LogP contribution in [0.5, 0.6) is 0 Å². The topological polar surface area (TPSA) is 72.5 Å². The molecule has 0 bridgehead atoms. The summed E-state index contributed by atoms with van der Waals surface area (Å²) in [6, 6.07) is 2.81. The molecule has 0 saturated carbocycles. The number of halogens is 3. The molecule has 1 heterocycles. The van der Waals surface area contributed by atoms with Gasteiger partial charge < -0.3 is 10.1 Å². The van der Waals surface area contributed by atoms with Crippen molar-refractivity contribution in [3.8, 4) is 0 Å². The van der Waals surface area contributed by atoms with Crippen LogP contribution in [-0.4, -0.2) is 40.5 Å². The van der Waals surface area contributed by atoms with E-state index in [-0.39, 0.29) is 29.7 Å². The average Bonchev–Trinajstić information content (AvgIpc) is 2.76. The van der Waals surface area contributed by atoms with Gasteiger partial charge in [0.25, 0.3) is 15.5 Å². The minimum absolute atomic E-state index is 0.00801. The standard InChI is InChI=1S/C10H12ClF2NO4S2/c11-20(16,17)10-2-1-7(19-10)5-9(15)14-3-4-18-6-8(12)13/h1-2,8H,3-6H2,(H,14,15). The summed E-state index contributed by atoms with van der Waals surface area (Å²) in [5.74, 6) is -0.356. The first-order chi connectivity index (χ1) is 9.29. The van der Waals surface area contributed by atoms with E-state index in [1.54, 1.807) is 0 Å². The van der Waals surface area contributed by atoms with Crippen molar-refractivity contribution in [2.75, 3.05) is 19.8 Å². The molecule has 114 valence electrons. The number of hydrogen-bond acceptors (Lipinski definition) is 5. The van der Waals surface area contributed by atoms with Crippen LogP contribution in [0.3, 0.4) is 0 Å². The van der Waals surface area contributed by atoms with Crippen molar-refractivity contribution in [3.63, 3.8) is 0 Å². The van der Waals surface area contributed by atoms with Gasteiger partial charge in [-0.25, -0.2) is 17.2 Å².